The number of piperazine rings is 1. The van der Waals surface area contributed by atoms with E-state index in [1.54, 1.807) is 33.3 Å². The second kappa shape index (κ2) is 7.55. The molecule has 0 radical (unpaired) electrons. The van der Waals surface area contributed by atoms with Crippen LogP contribution in [0.3, 0.4) is 0 Å². The van der Waals surface area contributed by atoms with Crippen LogP contribution in [-0.4, -0.2) is 64.0 Å². The van der Waals surface area contributed by atoms with Gasteiger partial charge in [0.1, 0.15) is 0 Å². The Morgan fingerprint density at radius 3 is 2.15 bits per heavy atom. The average Bonchev–Trinajstić information content (AvgIpc) is 3.18. The second-order valence-electron chi connectivity index (χ2n) is 6.34. The number of hydrogen-bond acceptors (Lipinski definition) is 6. The van der Waals surface area contributed by atoms with E-state index in [2.05, 4.69) is 20.4 Å². The summed E-state index contributed by atoms with van der Waals surface area (Å²) in [5, 5.41) is 12.0. The smallest absolute Gasteiger partial charge is 0.243 e. The van der Waals surface area contributed by atoms with E-state index in [4.69, 9.17) is 0 Å². The van der Waals surface area contributed by atoms with Crippen molar-refractivity contribution in [1.29, 1.82) is 0 Å². The van der Waals surface area contributed by atoms with E-state index in [1.165, 1.54) is 0 Å². The number of sulfonamides is 1. The molecule has 9 heteroatoms. The third-order valence-corrected chi connectivity index (χ3v) is 6.52. The van der Waals surface area contributed by atoms with Gasteiger partial charge in [0.15, 0.2) is 5.82 Å². The maximum Gasteiger partial charge on any atom is 0.243 e. The standard InChI is InChI=1S/C18H20N6O2S/c25-27(26,17-9-5-2-6-10-17)23-13-11-22(12-14-23)15-18-19-20-21-24(18)16-7-3-1-4-8-16/h1-10H,11-15H2. The largest absolute Gasteiger partial charge is 0.293 e. The summed E-state index contributed by atoms with van der Waals surface area (Å²) in [7, 11) is -3.44. The first-order chi connectivity index (χ1) is 13.1. The van der Waals surface area contributed by atoms with Gasteiger partial charge in [0, 0.05) is 26.2 Å². The van der Waals surface area contributed by atoms with Crippen molar-refractivity contribution in [3.05, 3.63) is 66.5 Å². The summed E-state index contributed by atoms with van der Waals surface area (Å²) >= 11 is 0. The van der Waals surface area contributed by atoms with Gasteiger partial charge in [-0.3, -0.25) is 4.90 Å². The molecular weight excluding hydrogens is 364 g/mol. The molecule has 8 nitrogen and oxygen atoms in total. The fourth-order valence-corrected chi connectivity index (χ4v) is 4.59. The molecule has 3 aromatic rings. The number of hydrogen-bond donors (Lipinski definition) is 0. The summed E-state index contributed by atoms with van der Waals surface area (Å²) in [6.07, 6.45) is 0. The van der Waals surface area contributed by atoms with E-state index >= 15 is 0 Å². The topological polar surface area (TPSA) is 84.2 Å². The lowest BCUT2D eigenvalue weighted by molar-refractivity contribution is 0.177. The molecule has 27 heavy (non-hydrogen) atoms. The van der Waals surface area contributed by atoms with Crippen molar-refractivity contribution in [2.24, 2.45) is 0 Å². The summed E-state index contributed by atoms with van der Waals surface area (Å²) in [5.41, 5.74) is 0.905. The van der Waals surface area contributed by atoms with Crippen LogP contribution in [0.2, 0.25) is 0 Å². The third-order valence-electron chi connectivity index (χ3n) is 4.61. The van der Waals surface area contributed by atoms with E-state index in [9.17, 15) is 8.42 Å². The molecule has 0 amide bonds. The molecule has 2 heterocycles. The number of benzene rings is 2. The summed E-state index contributed by atoms with van der Waals surface area (Å²) in [6, 6.07) is 18.3. The lowest BCUT2D eigenvalue weighted by Crippen LogP contribution is -2.48. The number of nitrogens with zero attached hydrogens (tertiary/aromatic N) is 6. The zero-order chi connectivity index (χ0) is 18.7. The van der Waals surface area contributed by atoms with Gasteiger partial charge in [0.05, 0.1) is 17.1 Å². The molecular formula is C18H20N6O2S. The van der Waals surface area contributed by atoms with Crippen molar-refractivity contribution in [2.75, 3.05) is 26.2 Å². The predicted octanol–water partition coefficient (Wildman–Crippen LogP) is 1.17. The molecule has 1 aliphatic heterocycles. The van der Waals surface area contributed by atoms with E-state index < -0.39 is 10.0 Å². The second-order valence-corrected chi connectivity index (χ2v) is 8.27. The minimum absolute atomic E-state index is 0.339. The maximum absolute atomic E-state index is 12.7. The Morgan fingerprint density at radius 1 is 0.852 bits per heavy atom. The number of rotatable bonds is 5. The highest BCUT2D eigenvalue weighted by atomic mass is 32.2. The number of tetrazole rings is 1. The van der Waals surface area contributed by atoms with E-state index in [0.717, 1.165) is 11.5 Å². The molecule has 0 aliphatic carbocycles. The first-order valence-electron chi connectivity index (χ1n) is 8.75. The van der Waals surface area contributed by atoms with Crippen molar-refractivity contribution < 1.29 is 8.42 Å². The summed E-state index contributed by atoms with van der Waals surface area (Å²) < 4.78 is 28.7. The predicted molar refractivity (Wildman–Crippen MR) is 99.6 cm³/mol. The van der Waals surface area contributed by atoms with Gasteiger partial charge in [-0.05, 0) is 34.7 Å². The van der Waals surface area contributed by atoms with Gasteiger partial charge in [0.25, 0.3) is 0 Å². The van der Waals surface area contributed by atoms with Gasteiger partial charge < -0.3 is 0 Å². The van der Waals surface area contributed by atoms with Crippen LogP contribution >= 0.6 is 0 Å². The van der Waals surface area contributed by atoms with E-state index in [1.807, 2.05) is 36.4 Å². The third kappa shape index (κ3) is 3.75. The van der Waals surface area contributed by atoms with Crippen molar-refractivity contribution in [2.45, 2.75) is 11.4 Å². The quantitative estimate of drug-likeness (QED) is 0.657. The van der Waals surface area contributed by atoms with Crippen LogP contribution in [0.25, 0.3) is 5.69 Å². The highest BCUT2D eigenvalue weighted by Crippen LogP contribution is 2.18. The Bertz CT molecular complexity index is 983. The molecule has 0 spiro atoms. The molecule has 140 valence electrons. The maximum atomic E-state index is 12.7. The van der Waals surface area contributed by atoms with Crippen molar-refractivity contribution in [3.63, 3.8) is 0 Å². The Kier molecular flexibility index (Phi) is 4.97. The fraction of sp³-hybridized carbons (Fsp3) is 0.278. The normalized spacial score (nSPS) is 16.4. The van der Waals surface area contributed by atoms with Gasteiger partial charge in [-0.25, -0.2) is 8.42 Å². The SMILES string of the molecule is O=S(=O)(c1ccccc1)N1CCN(Cc2nnnn2-c2ccccc2)CC1. The Labute approximate surface area is 158 Å². The molecule has 0 saturated carbocycles. The molecule has 1 fully saturated rings. The van der Waals surface area contributed by atoms with Crippen LogP contribution in [0.15, 0.2) is 65.6 Å². The van der Waals surface area contributed by atoms with E-state index in [-0.39, 0.29) is 0 Å². The average molecular weight is 384 g/mol. The summed E-state index contributed by atoms with van der Waals surface area (Å²) in [5.74, 6) is 0.737. The van der Waals surface area contributed by atoms with Gasteiger partial charge >= 0.3 is 0 Å². The van der Waals surface area contributed by atoms with Crippen LogP contribution in [0.4, 0.5) is 0 Å². The highest BCUT2D eigenvalue weighted by molar-refractivity contribution is 7.89. The lowest BCUT2D eigenvalue weighted by Gasteiger charge is -2.33. The first-order valence-corrected chi connectivity index (χ1v) is 10.2. The minimum atomic E-state index is -3.44. The van der Waals surface area contributed by atoms with Crippen LogP contribution in [0, 0.1) is 0 Å². The minimum Gasteiger partial charge on any atom is -0.293 e. The summed E-state index contributed by atoms with van der Waals surface area (Å²) in [6.45, 7) is 2.73. The molecule has 0 atom stereocenters. The van der Waals surface area contributed by atoms with Gasteiger partial charge in [-0.15, -0.1) is 5.10 Å². The van der Waals surface area contributed by atoms with Gasteiger partial charge in [0.2, 0.25) is 10.0 Å². The summed E-state index contributed by atoms with van der Waals surface area (Å²) in [4.78, 5) is 2.51. The lowest BCUT2D eigenvalue weighted by atomic mass is 10.3. The van der Waals surface area contributed by atoms with Crippen molar-refractivity contribution >= 4 is 10.0 Å². The molecule has 0 unspecified atom stereocenters. The zero-order valence-corrected chi connectivity index (χ0v) is 15.5. The Hall–Kier alpha value is -2.62. The molecule has 1 saturated heterocycles. The zero-order valence-electron chi connectivity index (χ0n) is 14.7. The number of para-hydroxylation sites is 1. The fourth-order valence-electron chi connectivity index (χ4n) is 3.14. The van der Waals surface area contributed by atoms with Gasteiger partial charge in [-0.2, -0.15) is 8.99 Å². The first kappa shape index (κ1) is 17.8. The monoisotopic (exact) mass is 384 g/mol. The van der Waals surface area contributed by atoms with Crippen molar-refractivity contribution in [1.82, 2.24) is 29.4 Å². The molecule has 2 aromatic carbocycles. The molecule has 1 aliphatic rings. The van der Waals surface area contributed by atoms with Crippen LogP contribution in [0.1, 0.15) is 5.82 Å². The van der Waals surface area contributed by atoms with Crippen molar-refractivity contribution in [3.8, 4) is 5.69 Å². The highest BCUT2D eigenvalue weighted by Gasteiger charge is 2.28. The molecule has 0 N–H and O–H groups in total. The number of aromatic nitrogens is 4. The molecule has 1 aromatic heterocycles. The van der Waals surface area contributed by atoms with Crippen LogP contribution in [0.5, 0.6) is 0 Å². The molecule has 4 rings (SSSR count). The van der Waals surface area contributed by atoms with E-state index in [0.29, 0.717) is 37.6 Å². The Morgan fingerprint density at radius 2 is 1.48 bits per heavy atom. The van der Waals surface area contributed by atoms with Crippen LogP contribution < -0.4 is 0 Å². The molecule has 0 bridgehead atoms. The van der Waals surface area contributed by atoms with Gasteiger partial charge in [-0.1, -0.05) is 36.4 Å². The van der Waals surface area contributed by atoms with Crippen LogP contribution in [-0.2, 0) is 16.6 Å². The Balaban J connectivity index is 1.42.